The van der Waals surface area contributed by atoms with Crippen LogP contribution in [0.4, 0.5) is 5.69 Å². The molecule has 0 fully saturated rings. The smallest absolute Gasteiger partial charge is 0.242 e. The van der Waals surface area contributed by atoms with Crippen molar-refractivity contribution in [2.75, 3.05) is 11.9 Å². The Morgan fingerprint density at radius 1 is 1.09 bits per heavy atom. The molecule has 0 aliphatic carbocycles. The normalized spacial score (nSPS) is 11.6. The van der Waals surface area contributed by atoms with Gasteiger partial charge in [-0.3, -0.25) is 14.3 Å². The van der Waals surface area contributed by atoms with Gasteiger partial charge in [0.15, 0.2) is 11.0 Å². The first-order valence-corrected chi connectivity index (χ1v) is 11.8. The van der Waals surface area contributed by atoms with Gasteiger partial charge < -0.3 is 10.1 Å². The Hall–Kier alpha value is -3.91. The van der Waals surface area contributed by atoms with Crippen molar-refractivity contribution in [3.05, 3.63) is 97.3 Å². The topological polar surface area (TPSA) is 81.9 Å². The van der Waals surface area contributed by atoms with Gasteiger partial charge in [-0.15, -0.1) is 16.8 Å². The SMILES string of the molecule is C=CCn1c(SC(C(=O)Nc2ccccc2OCC)c2ccccc2)nnc1-c1ccncc1. The van der Waals surface area contributed by atoms with Crippen LogP contribution in [-0.2, 0) is 11.3 Å². The highest BCUT2D eigenvalue weighted by Crippen LogP contribution is 2.37. The summed E-state index contributed by atoms with van der Waals surface area (Å²) in [7, 11) is 0. The Labute approximate surface area is 202 Å². The van der Waals surface area contributed by atoms with E-state index in [1.165, 1.54) is 11.8 Å². The number of benzene rings is 2. The van der Waals surface area contributed by atoms with Crippen molar-refractivity contribution in [1.29, 1.82) is 0 Å². The van der Waals surface area contributed by atoms with Crippen LogP contribution >= 0.6 is 11.8 Å². The third-order valence-electron chi connectivity index (χ3n) is 4.98. The predicted molar refractivity (Wildman–Crippen MR) is 135 cm³/mol. The molecule has 172 valence electrons. The summed E-state index contributed by atoms with van der Waals surface area (Å²) in [5.74, 6) is 1.14. The monoisotopic (exact) mass is 471 g/mol. The van der Waals surface area contributed by atoms with Crippen LogP contribution in [0.15, 0.2) is 96.9 Å². The Kier molecular flexibility index (Phi) is 7.72. The Balaban J connectivity index is 1.68. The number of allylic oxidation sites excluding steroid dienone is 1. The molecule has 4 rings (SSSR count). The number of hydrogen-bond donors (Lipinski definition) is 1. The summed E-state index contributed by atoms with van der Waals surface area (Å²) >= 11 is 1.34. The van der Waals surface area contributed by atoms with Gasteiger partial charge in [-0.25, -0.2) is 0 Å². The number of ether oxygens (including phenoxy) is 1. The first kappa shape index (κ1) is 23.3. The van der Waals surface area contributed by atoms with E-state index < -0.39 is 5.25 Å². The van der Waals surface area contributed by atoms with Crippen molar-refractivity contribution in [1.82, 2.24) is 19.7 Å². The number of nitrogens with one attached hydrogen (secondary N) is 1. The summed E-state index contributed by atoms with van der Waals surface area (Å²) in [5, 5.41) is 11.9. The number of pyridine rings is 1. The fourth-order valence-electron chi connectivity index (χ4n) is 3.44. The Bertz CT molecular complexity index is 1240. The minimum Gasteiger partial charge on any atom is -0.492 e. The van der Waals surface area contributed by atoms with E-state index in [1.807, 2.05) is 78.2 Å². The lowest BCUT2D eigenvalue weighted by Gasteiger charge is -2.18. The van der Waals surface area contributed by atoms with E-state index in [0.29, 0.717) is 35.6 Å². The molecule has 0 spiro atoms. The maximum absolute atomic E-state index is 13.5. The molecule has 0 bridgehead atoms. The average molecular weight is 472 g/mol. The molecule has 0 aliphatic heterocycles. The molecular weight excluding hydrogens is 446 g/mol. The molecule has 4 aromatic rings. The molecule has 7 nitrogen and oxygen atoms in total. The number of carbonyl (C=O) groups is 1. The van der Waals surface area contributed by atoms with Crippen molar-refractivity contribution < 1.29 is 9.53 Å². The number of para-hydroxylation sites is 2. The summed E-state index contributed by atoms with van der Waals surface area (Å²) in [4.78, 5) is 17.6. The van der Waals surface area contributed by atoms with E-state index in [1.54, 1.807) is 18.5 Å². The molecule has 0 saturated carbocycles. The first-order chi connectivity index (χ1) is 16.7. The van der Waals surface area contributed by atoms with Gasteiger partial charge in [-0.05, 0) is 36.8 Å². The van der Waals surface area contributed by atoms with Crippen LogP contribution in [0.5, 0.6) is 5.75 Å². The number of thioether (sulfide) groups is 1. The Morgan fingerprint density at radius 3 is 2.56 bits per heavy atom. The second kappa shape index (κ2) is 11.3. The molecular formula is C26H25N5O2S. The molecule has 2 heterocycles. The van der Waals surface area contributed by atoms with E-state index in [4.69, 9.17) is 4.74 Å². The quantitative estimate of drug-likeness (QED) is 0.246. The highest BCUT2D eigenvalue weighted by atomic mass is 32.2. The largest absolute Gasteiger partial charge is 0.492 e. The first-order valence-electron chi connectivity index (χ1n) is 10.9. The van der Waals surface area contributed by atoms with Gasteiger partial charge in [-0.2, -0.15) is 0 Å². The lowest BCUT2D eigenvalue weighted by Crippen LogP contribution is -2.20. The van der Waals surface area contributed by atoms with Gasteiger partial charge in [0.05, 0.1) is 12.3 Å². The number of aromatic nitrogens is 4. The molecule has 2 aromatic carbocycles. The highest BCUT2D eigenvalue weighted by molar-refractivity contribution is 8.00. The zero-order valence-electron chi connectivity index (χ0n) is 18.8. The standard InChI is InChI=1S/C26H25N5O2S/c1-3-18-31-24(20-14-16-27-17-15-20)29-30-26(31)34-23(19-10-6-5-7-11-19)25(32)28-21-12-8-9-13-22(21)33-4-2/h3,5-17,23H,1,4,18H2,2H3,(H,28,32). The summed E-state index contributed by atoms with van der Waals surface area (Å²) in [6, 6.07) is 20.8. The summed E-state index contributed by atoms with van der Waals surface area (Å²) < 4.78 is 7.63. The van der Waals surface area contributed by atoms with Crippen LogP contribution in [0.2, 0.25) is 0 Å². The minimum absolute atomic E-state index is 0.179. The number of anilines is 1. The van der Waals surface area contributed by atoms with Gasteiger partial charge in [0.2, 0.25) is 5.91 Å². The van der Waals surface area contributed by atoms with Gasteiger partial charge >= 0.3 is 0 Å². The third kappa shape index (κ3) is 5.35. The van der Waals surface area contributed by atoms with Gasteiger partial charge in [0.1, 0.15) is 11.0 Å². The second-order valence-electron chi connectivity index (χ2n) is 7.27. The molecule has 0 radical (unpaired) electrons. The van der Waals surface area contributed by atoms with Crippen LogP contribution in [0, 0.1) is 0 Å². The van der Waals surface area contributed by atoms with Crippen LogP contribution in [0.25, 0.3) is 11.4 Å². The van der Waals surface area contributed by atoms with E-state index in [0.717, 1.165) is 11.1 Å². The molecule has 1 unspecified atom stereocenters. The lowest BCUT2D eigenvalue weighted by atomic mass is 10.1. The van der Waals surface area contributed by atoms with Gasteiger partial charge in [0, 0.05) is 24.5 Å². The molecule has 1 amide bonds. The zero-order valence-corrected chi connectivity index (χ0v) is 19.6. The maximum atomic E-state index is 13.5. The van der Waals surface area contributed by atoms with E-state index in [2.05, 4.69) is 27.1 Å². The zero-order chi connectivity index (χ0) is 23.8. The average Bonchev–Trinajstić information content (AvgIpc) is 3.27. The maximum Gasteiger partial charge on any atom is 0.242 e. The van der Waals surface area contributed by atoms with Crippen molar-refractivity contribution in [3.63, 3.8) is 0 Å². The summed E-state index contributed by atoms with van der Waals surface area (Å²) in [6.07, 6.45) is 5.21. The molecule has 0 aliphatic rings. The Morgan fingerprint density at radius 2 is 1.82 bits per heavy atom. The molecule has 8 heteroatoms. The predicted octanol–water partition coefficient (Wildman–Crippen LogP) is 5.40. The van der Waals surface area contributed by atoms with Crippen molar-refractivity contribution in [2.24, 2.45) is 0 Å². The fourth-order valence-corrected chi connectivity index (χ4v) is 4.49. The molecule has 34 heavy (non-hydrogen) atoms. The molecule has 1 atom stereocenters. The number of hydrogen-bond acceptors (Lipinski definition) is 6. The number of rotatable bonds is 10. The number of amides is 1. The molecule has 1 N–H and O–H groups in total. The van der Waals surface area contributed by atoms with Crippen molar-refractivity contribution >= 4 is 23.4 Å². The third-order valence-corrected chi connectivity index (χ3v) is 6.21. The minimum atomic E-state index is -0.561. The summed E-state index contributed by atoms with van der Waals surface area (Å²) in [5.41, 5.74) is 2.38. The van der Waals surface area contributed by atoms with Gasteiger partial charge in [0.25, 0.3) is 0 Å². The molecule has 2 aromatic heterocycles. The lowest BCUT2D eigenvalue weighted by molar-refractivity contribution is -0.115. The van der Waals surface area contributed by atoms with Crippen molar-refractivity contribution in [2.45, 2.75) is 23.9 Å². The highest BCUT2D eigenvalue weighted by Gasteiger charge is 2.26. The number of carbonyl (C=O) groups excluding carboxylic acids is 1. The van der Waals surface area contributed by atoms with E-state index in [-0.39, 0.29) is 5.91 Å². The van der Waals surface area contributed by atoms with Crippen LogP contribution in [0.1, 0.15) is 17.7 Å². The molecule has 0 saturated heterocycles. The van der Waals surface area contributed by atoms with Crippen molar-refractivity contribution in [3.8, 4) is 17.1 Å². The number of nitrogens with zero attached hydrogens (tertiary/aromatic N) is 4. The van der Waals surface area contributed by atoms with E-state index in [9.17, 15) is 4.79 Å². The van der Waals surface area contributed by atoms with Crippen LogP contribution < -0.4 is 10.1 Å². The van der Waals surface area contributed by atoms with Gasteiger partial charge in [-0.1, -0.05) is 60.3 Å². The van der Waals surface area contributed by atoms with E-state index >= 15 is 0 Å². The fraction of sp³-hybridized carbons (Fsp3) is 0.154. The second-order valence-corrected chi connectivity index (χ2v) is 8.34. The van der Waals surface area contributed by atoms with Crippen LogP contribution in [0.3, 0.4) is 0 Å². The summed E-state index contributed by atoms with van der Waals surface area (Å²) in [6.45, 7) is 6.80. The van der Waals surface area contributed by atoms with Crippen LogP contribution in [-0.4, -0.2) is 32.3 Å².